The van der Waals surface area contributed by atoms with Crippen molar-refractivity contribution in [2.24, 2.45) is 0 Å². The Hall–Kier alpha value is -1.91. The van der Waals surface area contributed by atoms with Crippen molar-refractivity contribution in [3.8, 4) is 11.5 Å². The second kappa shape index (κ2) is 4.95. The molecule has 0 fully saturated rings. The highest BCUT2D eigenvalue weighted by molar-refractivity contribution is 5.93. The smallest absolute Gasteiger partial charge is 0.336 e. The van der Waals surface area contributed by atoms with Crippen molar-refractivity contribution in [3.05, 3.63) is 17.2 Å². The van der Waals surface area contributed by atoms with Gasteiger partial charge in [-0.05, 0) is 13.0 Å². The molecule has 1 aromatic carbocycles. The number of aromatic carboxylic acids is 1. The molecule has 0 aliphatic rings. The first-order valence-corrected chi connectivity index (χ1v) is 5.10. The lowest BCUT2D eigenvalue weighted by Gasteiger charge is -2.22. The number of carbonyl (C=O) groups is 1. The maximum atomic E-state index is 11.1. The van der Waals surface area contributed by atoms with Gasteiger partial charge in [0, 0.05) is 19.7 Å². The summed E-state index contributed by atoms with van der Waals surface area (Å²) < 4.78 is 10.5. The molecule has 0 saturated carbocycles. The Morgan fingerprint density at radius 1 is 1.29 bits per heavy atom. The molecule has 0 radical (unpaired) electrons. The molecule has 0 aliphatic carbocycles. The average molecular weight is 239 g/mol. The fourth-order valence-corrected chi connectivity index (χ4v) is 1.77. The quantitative estimate of drug-likeness (QED) is 0.867. The highest BCUT2D eigenvalue weighted by Gasteiger charge is 2.21. The van der Waals surface area contributed by atoms with Crippen LogP contribution in [0, 0.1) is 6.92 Å². The molecule has 0 unspecified atom stereocenters. The van der Waals surface area contributed by atoms with Gasteiger partial charge in [0.05, 0.1) is 19.8 Å². The molecular weight excluding hydrogens is 222 g/mol. The van der Waals surface area contributed by atoms with Gasteiger partial charge in [-0.2, -0.15) is 0 Å². The van der Waals surface area contributed by atoms with Crippen molar-refractivity contribution in [1.29, 1.82) is 0 Å². The van der Waals surface area contributed by atoms with Crippen LogP contribution in [-0.4, -0.2) is 39.4 Å². The van der Waals surface area contributed by atoms with Crippen LogP contribution in [0.3, 0.4) is 0 Å². The number of hydrogen-bond acceptors (Lipinski definition) is 4. The van der Waals surface area contributed by atoms with Gasteiger partial charge in [-0.3, -0.25) is 0 Å². The lowest BCUT2D eigenvalue weighted by molar-refractivity contribution is 0.0695. The number of rotatable bonds is 4. The van der Waals surface area contributed by atoms with E-state index in [4.69, 9.17) is 14.6 Å². The monoisotopic (exact) mass is 239 g/mol. The van der Waals surface area contributed by atoms with Crippen molar-refractivity contribution in [1.82, 2.24) is 0 Å². The van der Waals surface area contributed by atoms with Crippen molar-refractivity contribution in [2.45, 2.75) is 6.92 Å². The molecule has 0 aliphatic heterocycles. The first kappa shape index (κ1) is 13.2. The summed E-state index contributed by atoms with van der Waals surface area (Å²) in [4.78, 5) is 12.9. The van der Waals surface area contributed by atoms with E-state index in [1.165, 1.54) is 20.3 Å². The standard InChI is InChI=1S/C12H17NO4/c1-7-8(12(14)15)6-9(16-4)10(13(2)3)11(7)17-5/h6H,1-5H3,(H,14,15). The van der Waals surface area contributed by atoms with Crippen molar-refractivity contribution in [3.63, 3.8) is 0 Å². The summed E-state index contributed by atoms with van der Waals surface area (Å²) in [6.07, 6.45) is 0. The van der Waals surface area contributed by atoms with Gasteiger partial charge in [-0.1, -0.05) is 0 Å². The van der Waals surface area contributed by atoms with Crippen LogP contribution in [-0.2, 0) is 0 Å². The van der Waals surface area contributed by atoms with Crippen LogP contribution in [0.4, 0.5) is 5.69 Å². The van der Waals surface area contributed by atoms with Gasteiger partial charge in [0.25, 0.3) is 0 Å². The van der Waals surface area contributed by atoms with Gasteiger partial charge in [-0.25, -0.2) is 4.79 Å². The SMILES string of the molecule is COc1cc(C(=O)O)c(C)c(OC)c1N(C)C. The zero-order valence-corrected chi connectivity index (χ0v) is 10.7. The van der Waals surface area contributed by atoms with Crippen molar-refractivity contribution in [2.75, 3.05) is 33.2 Å². The Bertz CT molecular complexity index is 441. The number of hydrogen-bond donors (Lipinski definition) is 1. The van der Waals surface area contributed by atoms with Crippen LogP contribution < -0.4 is 14.4 Å². The van der Waals surface area contributed by atoms with Gasteiger partial charge in [0.2, 0.25) is 0 Å². The van der Waals surface area contributed by atoms with E-state index < -0.39 is 5.97 Å². The topological polar surface area (TPSA) is 59.0 Å². The van der Waals surface area contributed by atoms with E-state index in [9.17, 15) is 4.79 Å². The molecule has 5 nitrogen and oxygen atoms in total. The maximum Gasteiger partial charge on any atom is 0.336 e. The number of anilines is 1. The highest BCUT2D eigenvalue weighted by Crippen LogP contribution is 2.41. The molecule has 0 bridgehead atoms. The Labute approximate surface area is 101 Å². The Balaban J connectivity index is 3.61. The summed E-state index contributed by atoms with van der Waals surface area (Å²) >= 11 is 0. The third-order valence-electron chi connectivity index (χ3n) is 2.57. The minimum atomic E-state index is -0.996. The molecular formula is C12H17NO4. The molecule has 1 rings (SSSR count). The maximum absolute atomic E-state index is 11.1. The number of benzene rings is 1. The van der Waals surface area contributed by atoms with E-state index in [-0.39, 0.29) is 5.56 Å². The molecule has 0 aromatic heterocycles. The summed E-state index contributed by atoms with van der Waals surface area (Å²) in [5, 5.41) is 9.11. The Kier molecular flexibility index (Phi) is 3.83. The minimum absolute atomic E-state index is 0.185. The predicted molar refractivity (Wildman–Crippen MR) is 65.6 cm³/mol. The second-order valence-corrected chi connectivity index (χ2v) is 3.83. The van der Waals surface area contributed by atoms with E-state index in [0.717, 1.165) is 5.69 Å². The number of carboxylic acids is 1. The molecule has 94 valence electrons. The lowest BCUT2D eigenvalue weighted by atomic mass is 10.0. The summed E-state index contributed by atoms with van der Waals surface area (Å²) in [7, 11) is 6.71. The third-order valence-corrected chi connectivity index (χ3v) is 2.57. The van der Waals surface area contributed by atoms with Gasteiger partial charge >= 0.3 is 5.97 Å². The fourth-order valence-electron chi connectivity index (χ4n) is 1.77. The molecule has 5 heteroatoms. The van der Waals surface area contributed by atoms with Crippen LogP contribution in [0.15, 0.2) is 6.07 Å². The molecule has 0 heterocycles. The van der Waals surface area contributed by atoms with Gasteiger partial charge in [0.1, 0.15) is 17.2 Å². The third kappa shape index (κ3) is 2.27. The Morgan fingerprint density at radius 3 is 2.24 bits per heavy atom. The van der Waals surface area contributed by atoms with Crippen LogP contribution in [0.2, 0.25) is 0 Å². The zero-order valence-electron chi connectivity index (χ0n) is 10.7. The summed E-state index contributed by atoms with van der Waals surface area (Å²) in [6, 6.07) is 1.51. The summed E-state index contributed by atoms with van der Waals surface area (Å²) in [6.45, 7) is 1.72. The number of nitrogens with zero attached hydrogens (tertiary/aromatic N) is 1. The second-order valence-electron chi connectivity index (χ2n) is 3.83. The van der Waals surface area contributed by atoms with Crippen LogP contribution in [0.25, 0.3) is 0 Å². The minimum Gasteiger partial charge on any atom is -0.494 e. The molecule has 1 aromatic rings. The number of methoxy groups -OCH3 is 2. The van der Waals surface area contributed by atoms with Crippen LogP contribution >= 0.6 is 0 Å². The molecule has 0 amide bonds. The molecule has 17 heavy (non-hydrogen) atoms. The van der Waals surface area contributed by atoms with Crippen LogP contribution in [0.1, 0.15) is 15.9 Å². The average Bonchev–Trinajstić information content (AvgIpc) is 2.27. The largest absolute Gasteiger partial charge is 0.494 e. The van der Waals surface area contributed by atoms with Crippen LogP contribution in [0.5, 0.6) is 11.5 Å². The fraction of sp³-hybridized carbons (Fsp3) is 0.417. The van der Waals surface area contributed by atoms with Gasteiger partial charge < -0.3 is 19.5 Å². The highest BCUT2D eigenvalue weighted by atomic mass is 16.5. The first-order chi connectivity index (χ1) is 7.93. The molecule has 0 spiro atoms. The molecule has 0 saturated heterocycles. The van der Waals surface area contributed by atoms with Crippen molar-refractivity contribution < 1.29 is 19.4 Å². The predicted octanol–water partition coefficient (Wildman–Crippen LogP) is 1.78. The zero-order chi connectivity index (χ0) is 13.2. The summed E-state index contributed by atoms with van der Waals surface area (Å²) in [5.41, 5.74) is 1.51. The Morgan fingerprint density at radius 2 is 1.88 bits per heavy atom. The van der Waals surface area contributed by atoms with E-state index in [1.54, 1.807) is 6.92 Å². The van der Waals surface area contributed by atoms with Crippen molar-refractivity contribution >= 4 is 11.7 Å². The summed E-state index contributed by atoms with van der Waals surface area (Å²) in [5.74, 6) is 0.00556. The van der Waals surface area contributed by atoms with E-state index in [2.05, 4.69) is 0 Å². The van der Waals surface area contributed by atoms with E-state index in [1.807, 2.05) is 19.0 Å². The molecule has 0 atom stereocenters. The lowest BCUT2D eigenvalue weighted by Crippen LogP contribution is -2.14. The van der Waals surface area contributed by atoms with E-state index >= 15 is 0 Å². The van der Waals surface area contributed by atoms with E-state index in [0.29, 0.717) is 17.1 Å². The first-order valence-electron chi connectivity index (χ1n) is 5.10. The normalized spacial score (nSPS) is 9.94. The van der Waals surface area contributed by atoms with Gasteiger partial charge in [0.15, 0.2) is 0 Å². The molecule has 1 N–H and O–H groups in total. The number of carboxylic acid groups (broad SMARTS) is 1. The van der Waals surface area contributed by atoms with Gasteiger partial charge in [-0.15, -0.1) is 0 Å². The number of ether oxygens (including phenoxy) is 2.